The van der Waals surface area contributed by atoms with Crippen molar-refractivity contribution in [1.29, 1.82) is 0 Å². The zero-order valence-electron chi connectivity index (χ0n) is 13.0. The van der Waals surface area contributed by atoms with E-state index in [9.17, 15) is 0 Å². The molecule has 2 atom stereocenters. The van der Waals surface area contributed by atoms with E-state index in [0.29, 0.717) is 12.1 Å². The maximum absolute atomic E-state index is 4.41. The van der Waals surface area contributed by atoms with Gasteiger partial charge in [0.25, 0.3) is 0 Å². The molecule has 0 bridgehead atoms. The topological polar surface area (TPSA) is 28.2 Å². The van der Waals surface area contributed by atoms with Crippen molar-refractivity contribution >= 4 is 16.6 Å². The van der Waals surface area contributed by atoms with Crippen molar-refractivity contribution in [2.45, 2.75) is 45.2 Å². The van der Waals surface area contributed by atoms with Crippen molar-refractivity contribution in [3.8, 4) is 0 Å². The highest BCUT2D eigenvalue weighted by atomic mass is 15.1. The lowest BCUT2D eigenvalue weighted by molar-refractivity contribution is 0.378. The van der Waals surface area contributed by atoms with E-state index in [1.807, 2.05) is 12.3 Å². The van der Waals surface area contributed by atoms with Crippen LogP contribution in [0, 0.1) is 0 Å². The summed E-state index contributed by atoms with van der Waals surface area (Å²) in [6, 6.07) is 12.0. The fraction of sp³-hybridized carbons (Fsp3) is 0.500. The van der Waals surface area contributed by atoms with Gasteiger partial charge >= 0.3 is 0 Å². The molecule has 1 saturated heterocycles. The smallest absolute Gasteiger partial charge is 0.0703 e. The maximum Gasteiger partial charge on any atom is 0.0703 e. The van der Waals surface area contributed by atoms with Crippen LogP contribution in [0.1, 0.15) is 33.1 Å². The molecule has 2 unspecified atom stereocenters. The zero-order valence-corrected chi connectivity index (χ0v) is 13.0. The summed E-state index contributed by atoms with van der Waals surface area (Å²) >= 11 is 0. The molecule has 2 heterocycles. The van der Waals surface area contributed by atoms with Gasteiger partial charge in [-0.1, -0.05) is 13.0 Å². The number of aromatic nitrogens is 1. The van der Waals surface area contributed by atoms with Gasteiger partial charge in [-0.3, -0.25) is 4.98 Å². The van der Waals surface area contributed by atoms with Crippen LogP contribution >= 0.6 is 0 Å². The van der Waals surface area contributed by atoms with Gasteiger partial charge in [-0.05, 0) is 50.5 Å². The standard InChI is InChI=1S/C18H25N3/c1-3-16-9-12-21(11-8-14(2)20-16)17-6-7-18-15(13-17)5-4-10-19-18/h4-7,10,13-14,16,20H,3,8-9,11-12H2,1-2H3. The summed E-state index contributed by atoms with van der Waals surface area (Å²) in [6.45, 7) is 6.83. The van der Waals surface area contributed by atoms with Gasteiger partial charge in [-0.15, -0.1) is 0 Å². The predicted molar refractivity (Wildman–Crippen MR) is 89.9 cm³/mol. The average Bonchev–Trinajstić information content (AvgIpc) is 2.51. The fourth-order valence-corrected chi connectivity index (χ4v) is 3.18. The van der Waals surface area contributed by atoms with Gasteiger partial charge in [0.05, 0.1) is 5.52 Å². The number of hydrogen-bond acceptors (Lipinski definition) is 3. The predicted octanol–water partition coefficient (Wildman–Crippen LogP) is 3.59. The largest absolute Gasteiger partial charge is 0.371 e. The summed E-state index contributed by atoms with van der Waals surface area (Å²) in [7, 11) is 0. The molecule has 0 saturated carbocycles. The highest BCUT2D eigenvalue weighted by Gasteiger charge is 2.18. The molecule has 0 aliphatic carbocycles. The molecule has 1 aliphatic heterocycles. The Morgan fingerprint density at radius 3 is 2.95 bits per heavy atom. The molecule has 112 valence electrons. The van der Waals surface area contributed by atoms with Crippen LogP contribution in [0.4, 0.5) is 5.69 Å². The second kappa shape index (κ2) is 6.44. The Bertz CT molecular complexity index is 596. The van der Waals surface area contributed by atoms with Gasteiger partial charge in [-0.25, -0.2) is 0 Å². The highest BCUT2D eigenvalue weighted by Crippen LogP contribution is 2.23. The molecular weight excluding hydrogens is 258 g/mol. The average molecular weight is 283 g/mol. The first-order valence-electron chi connectivity index (χ1n) is 8.12. The second-order valence-electron chi connectivity index (χ2n) is 6.12. The number of anilines is 1. The number of hydrogen-bond donors (Lipinski definition) is 1. The number of nitrogens with one attached hydrogen (secondary N) is 1. The first-order valence-corrected chi connectivity index (χ1v) is 8.12. The summed E-state index contributed by atoms with van der Waals surface area (Å²) < 4.78 is 0. The first-order chi connectivity index (χ1) is 10.3. The van der Waals surface area contributed by atoms with E-state index in [1.165, 1.54) is 30.3 Å². The SMILES string of the molecule is CCC1CCN(c2ccc3ncccc3c2)CCC(C)N1. The van der Waals surface area contributed by atoms with E-state index in [4.69, 9.17) is 0 Å². The summed E-state index contributed by atoms with van der Waals surface area (Å²) in [5.74, 6) is 0. The molecule has 0 spiro atoms. The Kier molecular flexibility index (Phi) is 4.39. The molecule has 2 aromatic rings. The van der Waals surface area contributed by atoms with Crippen LogP contribution in [-0.2, 0) is 0 Å². The molecule has 1 aromatic heterocycles. The van der Waals surface area contributed by atoms with E-state index in [-0.39, 0.29) is 0 Å². The summed E-state index contributed by atoms with van der Waals surface area (Å²) in [5.41, 5.74) is 2.41. The molecular formula is C18H25N3. The van der Waals surface area contributed by atoms with Crippen LogP contribution in [-0.4, -0.2) is 30.2 Å². The quantitative estimate of drug-likeness (QED) is 0.913. The Balaban J connectivity index is 1.82. The van der Waals surface area contributed by atoms with E-state index < -0.39 is 0 Å². The minimum absolute atomic E-state index is 0.597. The van der Waals surface area contributed by atoms with Gasteiger partial charge in [0.2, 0.25) is 0 Å². The molecule has 21 heavy (non-hydrogen) atoms. The molecule has 3 nitrogen and oxygen atoms in total. The maximum atomic E-state index is 4.41. The number of benzene rings is 1. The van der Waals surface area contributed by atoms with Crippen LogP contribution in [0.5, 0.6) is 0 Å². The van der Waals surface area contributed by atoms with Gasteiger partial charge in [0, 0.05) is 42.4 Å². The summed E-state index contributed by atoms with van der Waals surface area (Å²) in [5, 5.41) is 4.97. The van der Waals surface area contributed by atoms with E-state index >= 15 is 0 Å². The van der Waals surface area contributed by atoms with Gasteiger partial charge in [0.1, 0.15) is 0 Å². The Labute approximate surface area is 127 Å². The number of rotatable bonds is 2. The second-order valence-corrected chi connectivity index (χ2v) is 6.12. The summed E-state index contributed by atoms with van der Waals surface area (Å²) in [6.07, 6.45) is 5.48. The third kappa shape index (κ3) is 3.35. The normalized spacial score (nSPS) is 23.8. The van der Waals surface area contributed by atoms with Gasteiger partial charge in [0.15, 0.2) is 0 Å². The minimum atomic E-state index is 0.597. The monoisotopic (exact) mass is 283 g/mol. The number of nitrogens with zero attached hydrogens (tertiary/aromatic N) is 2. The van der Waals surface area contributed by atoms with Crippen molar-refractivity contribution in [3.05, 3.63) is 36.5 Å². The molecule has 1 aromatic carbocycles. The lowest BCUT2D eigenvalue weighted by Gasteiger charge is -2.33. The molecule has 3 rings (SSSR count). The van der Waals surface area contributed by atoms with Crippen LogP contribution < -0.4 is 10.2 Å². The van der Waals surface area contributed by atoms with Gasteiger partial charge in [-0.2, -0.15) is 0 Å². The molecule has 0 amide bonds. The minimum Gasteiger partial charge on any atom is -0.371 e. The Morgan fingerprint density at radius 1 is 1.24 bits per heavy atom. The third-order valence-corrected chi connectivity index (χ3v) is 4.54. The van der Waals surface area contributed by atoms with Crippen LogP contribution in [0.25, 0.3) is 10.9 Å². The number of fused-ring (bicyclic) bond motifs is 1. The third-order valence-electron chi connectivity index (χ3n) is 4.54. The van der Waals surface area contributed by atoms with Crippen LogP contribution in [0.2, 0.25) is 0 Å². The van der Waals surface area contributed by atoms with E-state index in [1.54, 1.807) is 0 Å². The van der Waals surface area contributed by atoms with Crippen molar-refractivity contribution in [3.63, 3.8) is 0 Å². The van der Waals surface area contributed by atoms with Crippen molar-refractivity contribution in [2.24, 2.45) is 0 Å². The molecule has 1 aliphatic rings. The lowest BCUT2D eigenvalue weighted by atomic mass is 10.0. The number of pyridine rings is 1. The lowest BCUT2D eigenvalue weighted by Crippen LogP contribution is -2.44. The molecule has 0 radical (unpaired) electrons. The Hall–Kier alpha value is -1.61. The van der Waals surface area contributed by atoms with Crippen molar-refractivity contribution in [2.75, 3.05) is 18.0 Å². The molecule has 1 fully saturated rings. The van der Waals surface area contributed by atoms with Crippen molar-refractivity contribution < 1.29 is 0 Å². The van der Waals surface area contributed by atoms with Crippen LogP contribution in [0.15, 0.2) is 36.5 Å². The first kappa shape index (κ1) is 14.3. The fourth-order valence-electron chi connectivity index (χ4n) is 3.18. The summed E-state index contributed by atoms with van der Waals surface area (Å²) in [4.78, 5) is 6.94. The molecule has 3 heteroatoms. The van der Waals surface area contributed by atoms with Gasteiger partial charge < -0.3 is 10.2 Å². The van der Waals surface area contributed by atoms with Crippen LogP contribution in [0.3, 0.4) is 0 Å². The molecule has 1 N–H and O–H groups in total. The zero-order chi connectivity index (χ0) is 14.7. The highest BCUT2D eigenvalue weighted by molar-refractivity contribution is 5.82. The van der Waals surface area contributed by atoms with Crippen molar-refractivity contribution in [1.82, 2.24) is 10.3 Å². The van der Waals surface area contributed by atoms with E-state index in [2.05, 4.69) is 53.3 Å². The van der Waals surface area contributed by atoms with E-state index in [0.717, 1.165) is 18.6 Å². The Morgan fingerprint density at radius 2 is 2.10 bits per heavy atom.